The van der Waals surface area contributed by atoms with Crippen LogP contribution in [0.25, 0.3) is 10.9 Å². The lowest BCUT2D eigenvalue weighted by Crippen LogP contribution is -2.54. The van der Waals surface area contributed by atoms with Gasteiger partial charge in [0.25, 0.3) is 0 Å². The quantitative estimate of drug-likeness (QED) is 0.832. The van der Waals surface area contributed by atoms with Crippen molar-refractivity contribution in [1.82, 2.24) is 14.8 Å². The molecule has 6 heteroatoms. The zero-order chi connectivity index (χ0) is 17.9. The van der Waals surface area contributed by atoms with Gasteiger partial charge in [0.2, 0.25) is 0 Å². The predicted molar refractivity (Wildman–Crippen MR) is 103 cm³/mol. The van der Waals surface area contributed by atoms with Crippen LogP contribution < -0.4 is 4.90 Å². The van der Waals surface area contributed by atoms with E-state index in [0.29, 0.717) is 26.3 Å². The molecule has 2 fully saturated rings. The number of nitrogens with zero attached hydrogens (tertiary/aromatic N) is 4. The molecule has 1 aromatic heterocycles. The van der Waals surface area contributed by atoms with E-state index in [-0.39, 0.29) is 12.1 Å². The summed E-state index contributed by atoms with van der Waals surface area (Å²) in [7, 11) is 1.94. The van der Waals surface area contributed by atoms with Gasteiger partial charge in [-0.15, -0.1) is 0 Å². The third-order valence-corrected chi connectivity index (χ3v) is 5.49. The fraction of sp³-hybridized carbons (Fsp3) is 0.500. The number of piperidine rings is 1. The number of pyridine rings is 1. The lowest BCUT2D eigenvalue weighted by Gasteiger charge is -2.41. The maximum atomic E-state index is 12.8. The second-order valence-corrected chi connectivity index (χ2v) is 7.08. The minimum Gasteiger partial charge on any atom is -0.378 e. The fourth-order valence-electron chi connectivity index (χ4n) is 3.98. The van der Waals surface area contributed by atoms with Crippen LogP contribution in [-0.2, 0) is 4.74 Å². The number of benzene rings is 1. The Labute approximate surface area is 154 Å². The summed E-state index contributed by atoms with van der Waals surface area (Å²) in [5, 5.41) is 1.18. The molecule has 0 saturated carbocycles. The highest BCUT2D eigenvalue weighted by atomic mass is 16.5. The number of amides is 2. The number of carbonyl (C=O) groups excluding carboxylic acids is 1. The summed E-state index contributed by atoms with van der Waals surface area (Å²) < 4.78 is 5.36. The summed E-state index contributed by atoms with van der Waals surface area (Å²) >= 11 is 0. The Morgan fingerprint density at radius 2 is 2.00 bits per heavy atom. The Bertz CT molecular complexity index is 770. The third kappa shape index (κ3) is 3.33. The summed E-state index contributed by atoms with van der Waals surface area (Å²) in [5.74, 6) is 0. The SMILES string of the molecule is CN(C(=O)N1CCOCC1)C1CCCN(c2ccnc3ccccc23)C1. The van der Waals surface area contributed by atoms with E-state index >= 15 is 0 Å². The van der Waals surface area contributed by atoms with Crippen molar-refractivity contribution in [1.29, 1.82) is 0 Å². The second-order valence-electron chi connectivity index (χ2n) is 7.08. The molecule has 0 radical (unpaired) electrons. The minimum absolute atomic E-state index is 0.125. The molecule has 0 aliphatic carbocycles. The van der Waals surface area contributed by atoms with Crippen molar-refractivity contribution in [3.05, 3.63) is 36.5 Å². The highest BCUT2D eigenvalue weighted by Gasteiger charge is 2.30. The topological polar surface area (TPSA) is 48.9 Å². The number of para-hydroxylation sites is 1. The standard InChI is InChI=1S/C20H26N4O2/c1-22(20(25)23-11-13-26-14-12-23)16-5-4-10-24(15-16)19-8-9-21-18-7-3-2-6-17(18)19/h2-3,6-9,16H,4-5,10-15H2,1H3. The van der Waals surface area contributed by atoms with E-state index in [1.807, 2.05) is 35.2 Å². The van der Waals surface area contributed by atoms with Crippen LogP contribution in [-0.4, -0.2) is 73.3 Å². The molecule has 2 amide bonds. The lowest BCUT2D eigenvalue weighted by molar-refractivity contribution is 0.0414. The first-order valence-electron chi connectivity index (χ1n) is 9.42. The monoisotopic (exact) mass is 354 g/mol. The molecule has 6 nitrogen and oxygen atoms in total. The van der Waals surface area contributed by atoms with Gasteiger partial charge in [0.15, 0.2) is 0 Å². The number of fused-ring (bicyclic) bond motifs is 1. The first-order valence-corrected chi connectivity index (χ1v) is 9.42. The first kappa shape index (κ1) is 17.1. The van der Waals surface area contributed by atoms with Crippen molar-refractivity contribution in [3.63, 3.8) is 0 Å². The predicted octanol–water partition coefficient (Wildman–Crippen LogP) is 2.59. The Hall–Kier alpha value is -2.34. The number of rotatable bonds is 2. The fourth-order valence-corrected chi connectivity index (χ4v) is 3.98. The van der Waals surface area contributed by atoms with E-state index in [9.17, 15) is 4.79 Å². The summed E-state index contributed by atoms with van der Waals surface area (Å²) in [4.78, 5) is 23.5. The van der Waals surface area contributed by atoms with Crippen molar-refractivity contribution in [2.45, 2.75) is 18.9 Å². The number of carbonyl (C=O) groups is 1. The van der Waals surface area contributed by atoms with Gasteiger partial charge in [-0.3, -0.25) is 4.98 Å². The zero-order valence-electron chi connectivity index (χ0n) is 15.3. The van der Waals surface area contributed by atoms with Gasteiger partial charge in [-0.2, -0.15) is 0 Å². The van der Waals surface area contributed by atoms with E-state index in [0.717, 1.165) is 31.4 Å². The number of anilines is 1. The number of urea groups is 1. The van der Waals surface area contributed by atoms with Crippen LogP contribution in [0, 0.1) is 0 Å². The van der Waals surface area contributed by atoms with Crippen molar-refractivity contribution >= 4 is 22.6 Å². The van der Waals surface area contributed by atoms with E-state index in [1.54, 1.807) is 0 Å². The number of aromatic nitrogens is 1. The number of hydrogen-bond acceptors (Lipinski definition) is 4. The van der Waals surface area contributed by atoms with Crippen LogP contribution in [0.2, 0.25) is 0 Å². The Morgan fingerprint density at radius 1 is 1.19 bits per heavy atom. The van der Waals surface area contributed by atoms with E-state index in [1.165, 1.54) is 11.1 Å². The van der Waals surface area contributed by atoms with Crippen LogP contribution in [0.15, 0.2) is 36.5 Å². The van der Waals surface area contributed by atoms with Crippen molar-refractivity contribution in [2.24, 2.45) is 0 Å². The second kappa shape index (κ2) is 7.50. The zero-order valence-corrected chi connectivity index (χ0v) is 15.3. The van der Waals surface area contributed by atoms with Gasteiger partial charge in [0.1, 0.15) is 0 Å². The van der Waals surface area contributed by atoms with Crippen molar-refractivity contribution < 1.29 is 9.53 Å². The van der Waals surface area contributed by atoms with Crippen molar-refractivity contribution in [3.8, 4) is 0 Å². The van der Waals surface area contributed by atoms with E-state index in [2.05, 4.69) is 28.1 Å². The molecule has 0 bridgehead atoms. The molecule has 2 aromatic rings. The molecular formula is C20H26N4O2. The van der Waals surface area contributed by atoms with E-state index < -0.39 is 0 Å². The largest absolute Gasteiger partial charge is 0.378 e. The van der Waals surface area contributed by atoms with Gasteiger partial charge < -0.3 is 19.4 Å². The average Bonchev–Trinajstić information content (AvgIpc) is 2.73. The van der Waals surface area contributed by atoms with Gasteiger partial charge in [0.05, 0.1) is 24.8 Å². The van der Waals surface area contributed by atoms with Crippen LogP contribution in [0.5, 0.6) is 0 Å². The first-order chi connectivity index (χ1) is 12.7. The normalized spacial score (nSPS) is 21.0. The van der Waals surface area contributed by atoms with Gasteiger partial charge in [-0.25, -0.2) is 4.79 Å². The molecule has 0 N–H and O–H groups in total. The summed E-state index contributed by atoms with van der Waals surface area (Å²) in [6, 6.07) is 10.7. The molecule has 2 aliphatic heterocycles. The third-order valence-electron chi connectivity index (χ3n) is 5.49. The van der Waals surface area contributed by atoms with Crippen LogP contribution in [0.1, 0.15) is 12.8 Å². The highest BCUT2D eigenvalue weighted by Crippen LogP contribution is 2.28. The molecule has 2 aliphatic rings. The number of likely N-dealkylation sites (N-methyl/N-ethyl adjacent to an activating group) is 1. The van der Waals surface area contributed by atoms with E-state index in [4.69, 9.17) is 4.74 Å². The molecule has 138 valence electrons. The molecule has 1 unspecified atom stereocenters. The number of morpholine rings is 1. The number of ether oxygens (including phenoxy) is 1. The van der Waals surface area contributed by atoms with Gasteiger partial charge in [0, 0.05) is 50.5 Å². The molecular weight excluding hydrogens is 328 g/mol. The molecule has 3 heterocycles. The molecule has 26 heavy (non-hydrogen) atoms. The highest BCUT2D eigenvalue weighted by molar-refractivity contribution is 5.91. The van der Waals surface area contributed by atoms with Gasteiger partial charge in [-0.1, -0.05) is 18.2 Å². The summed E-state index contributed by atoms with van der Waals surface area (Å²) in [5.41, 5.74) is 2.23. The molecule has 4 rings (SSSR count). The average molecular weight is 354 g/mol. The van der Waals surface area contributed by atoms with Gasteiger partial charge in [-0.05, 0) is 25.0 Å². The van der Waals surface area contributed by atoms with Crippen LogP contribution in [0.3, 0.4) is 0 Å². The molecule has 2 saturated heterocycles. The lowest BCUT2D eigenvalue weighted by atomic mass is 10.0. The molecule has 0 spiro atoms. The molecule has 1 atom stereocenters. The summed E-state index contributed by atoms with van der Waals surface area (Å²) in [6.07, 6.45) is 4.01. The number of hydrogen-bond donors (Lipinski definition) is 0. The molecule has 1 aromatic carbocycles. The smallest absolute Gasteiger partial charge is 0.320 e. The van der Waals surface area contributed by atoms with Crippen LogP contribution in [0.4, 0.5) is 10.5 Å². The summed E-state index contributed by atoms with van der Waals surface area (Å²) in [6.45, 7) is 4.53. The maximum absolute atomic E-state index is 12.8. The van der Waals surface area contributed by atoms with Gasteiger partial charge >= 0.3 is 6.03 Å². The Morgan fingerprint density at radius 3 is 2.85 bits per heavy atom. The maximum Gasteiger partial charge on any atom is 0.320 e. The van der Waals surface area contributed by atoms with Crippen molar-refractivity contribution in [2.75, 3.05) is 51.3 Å². The van der Waals surface area contributed by atoms with Crippen LogP contribution >= 0.6 is 0 Å². The Balaban J connectivity index is 1.51. The Kier molecular flexibility index (Phi) is 4.93. The minimum atomic E-state index is 0.125.